The quantitative estimate of drug-likeness (QED) is 0.731. The van der Waals surface area contributed by atoms with Crippen molar-refractivity contribution in [2.75, 3.05) is 5.32 Å². The van der Waals surface area contributed by atoms with Crippen LogP contribution in [0.25, 0.3) is 0 Å². The molecule has 1 N–H and O–H groups in total. The number of benzene rings is 2. The smallest absolute Gasteiger partial charge is 0.412 e. The maximum Gasteiger partial charge on any atom is 0.412 e. The molecule has 1 amide bonds. The third-order valence-electron chi connectivity index (χ3n) is 4.05. The minimum Gasteiger partial charge on any atom is -0.461 e. The van der Waals surface area contributed by atoms with E-state index in [4.69, 9.17) is 9.47 Å². The molecule has 26 heavy (non-hydrogen) atoms. The summed E-state index contributed by atoms with van der Waals surface area (Å²) in [4.78, 5) is 24.2. The van der Waals surface area contributed by atoms with Gasteiger partial charge in [-0.2, -0.15) is 0 Å². The minimum absolute atomic E-state index is 0.0699. The number of ether oxygens (including phenoxy) is 2. The average molecular weight is 355 g/mol. The maximum atomic E-state index is 12.1. The second-order valence-corrected chi connectivity index (χ2v) is 6.61. The van der Waals surface area contributed by atoms with Crippen molar-refractivity contribution in [3.63, 3.8) is 0 Å². The van der Waals surface area contributed by atoms with E-state index in [1.165, 1.54) is 0 Å². The SMILES string of the molecule is CCC(C)(C)OC(=O)Nc1ccccc1CC(=O)OCc1ccccc1. The lowest BCUT2D eigenvalue weighted by Crippen LogP contribution is -2.30. The first kappa shape index (κ1) is 19.5. The number of nitrogens with one attached hydrogen (secondary N) is 1. The van der Waals surface area contributed by atoms with Crippen LogP contribution < -0.4 is 5.32 Å². The second kappa shape index (κ2) is 9.04. The van der Waals surface area contributed by atoms with Gasteiger partial charge in [-0.05, 0) is 37.5 Å². The van der Waals surface area contributed by atoms with Gasteiger partial charge in [0.25, 0.3) is 0 Å². The van der Waals surface area contributed by atoms with Gasteiger partial charge in [-0.3, -0.25) is 10.1 Å². The van der Waals surface area contributed by atoms with Crippen LogP contribution in [0.2, 0.25) is 0 Å². The van der Waals surface area contributed by atoms with Crippen LogP contribution in [-0.2, 0) is 27.3 Å². The Hall–Kier alpha value is -2.82. The fraction of sp³-hybridized carbons (Fsp3) is 0.333. The molecule has 0 radical (unpaired) electrons. The van der Waals surface area contributed by atoms with Gasteiger partial charge in [0.05, 0.1) is 6.42 Å². The number of hydrogen-bond donors (Lipinski definition) is 1. The van der Waals surface area contributed by atoms with Gasteiger partial charge >= 0.3 is 12.1 Å². The van der Waals surface area contributed by atoms with Crippen LogP contribution in [0.1, 0.15) is 38.3 Å². The Kier molecular flexibility index (Phi) is 6.78. The molecule has 2 aromatic rings. The van der Waals surface area contributed by atoms with E-state index in [1.807, 2.05) is 57.2 Å². The van der Waals surface area contributed by atoms with Crippen LogP contribution in [0.4, 0.5) is 10.5 Å². The summed E-state index contributed by atoms with van der Waals surface area (Å²) in [5.74, 6) is -0.356. The number of anilines is 1. The fourth-order valence-corrected chi connectivity index (χ4v) is 2.20. The molecule has 0 aromatic heterocycles. The van der Waals surface area contributed by atoms with Crippen molar-refractivity contribution < 1.29 is 19.1 Å². The van der Waals surface area contributed by atoms with E-state index in [0.29, 0.717) is 17.7 Å². The van der Waals surface area contributed by atoms with Crippen molar-refractivity contribution in [3.05, 3.63) is 65.7 Å². The van der Waals surface area contributed by atoms with Crippen LogP contribution in [-0.4, -0.2) is 17.7 Å². The van der Waals surface area contributed by atoms with Crippen LogP contribution in [0.15, 0.2) is 54.6 Å². The normalized spacial score (nSPS) is 10.9. The number of carbonyl (C=O) groups is 2. The summed E-state index contributed by atoms with van der Waals surface area (Å²) >= 11 is 0. The van der Waals surface area contributed by atoms with Crippen molar-refractivity contribution in [1.82, 2.24) is 0 Å². The molecule has 2 aromatic carbocycles. The van der Waals surface area contributed by atoms with Gasteiger partial charge in [-0.15, -0.1) is 0 Å². The van der Waals surface area contributed by atoms with Gasteiger partial charge in [0.2, 0.25) is 0 Å². The number of carbonyl (C=O) groups excluding carboxylic acids is 2. The predicted molar refractivity (Wildman–Crippen MR) is 101 cm³/mol. The van der Waals surface area contributed by atoms with E-state index in [-0.39, 0.29) is 19.0 Å². The molecule has 138 valence electrons. The number of amides is 1. The highest BCUT2D eigenvalue weighted by molar-refractivity contribution is 5.87. The Morgan fingerprint density at radius 3 is 2.35 bits per heavy atom. The first-order valence-corrected chi connectivity index (χ1v) is 8.67. The standard InChI is InChI=1S/C21H25NO4/c1-4-21(2,3)26-20(24)22-18-13-9-8-12-17(18)14-19(23)25-15-16-10-6-5-7-11-16/h5-13H,4,14-15H2,1-3H3,(H,22,24). The Bertz CT molecular complexity index is 741. The summed E-state index contributed by atoms with van der Waals surface area (Å²) in [6.07, 6.45) is 0.232. The van der Waals surface area contributed by atoms with Gasteiger partial charge < -0.3 is 9.47 Å². The molecule has 2 rings (SSSR count). The summed E-state index contributed by atoms with van der Waals surface area (Å²) in [6.45, 7) is 5.87. The van der Waals surface area contributed by atoms with Gasteiger partial charge in [0, 0.05) is 5.69 Å². The van der Waals surface area contributed by atoms with E-state index >= 15 is 0 Å². The third-order valence-corrected chi connectivity index (χ3v) is 4.05. The lowest BCUT2D eigenvalue weighted by molar-refractivity contribution is -0.144. The number of para-hydroxylation sites is 1. The van der Waals surface area contributed by atoms with E-state index in [0.717, 1.165) is 5.56 Å². The Balaban J connectivity index is 1.95. The summed E-state index contributed by atoms with van der Waals surface area (Å²) in [7, 11) is 0. The monoisotopic (exact) mass is 355 g/mol. The zero-order chi connectivity index (χ0) is 19.0. The predicted octanol–water partition coefficient (Wildman–Crippen LogP) is 4.71. The molecule has 0 spiro atoms. The number of rotatable bonds is 7. The molecule has 5 heteroatoms. The highest BCUT2D eigenvalue weighted by Crippen LogP contribution is 2.19. The largest absolute Gasteiger partial charge is 0.461 e. The van der Waals surface area contributed by atoms with E-state index in [2.05, 4.69) is 5.32 Å². The average Bonchev–Trinajstić information content (AvgIpc) is 2.62. The molecule has 0 atom stereocenters. The molecule has 5 nitrogen and oxygen atoms in total. The Morgan fingerprint density at radius 1 is 1.00 bits per heavy atom. The molecular weight excluding hydrogens is 330 g/mol. The van der Waals surface area contributed by atoms with Gasteiger partial charge in [-0.1, -0.05) is 55.5 Å². The summed E-state index contributed by atoms with van der Waals surface area (Å²) < 4.78 is 10.7. The number of hydrogen-bond acceptors (Lipinski definition) is 4. The van der Waals surface area contributed by atoms with Crippen molar-refractivity contribution in [1.29, 1.82) is 0 Å². The lowest BCUT2D eigenvalue weighted by Gasteiger charge is -2.23. The molecule has 0 saturated carbocycles. The summed E-state index contributed by atoms with van der Waals surface area (Å²) in [5, 5.41) is 2.71. The van der Waals surface area contributed by atoms with E-state index in [1.54, 1.807) is 18.2 Å². The van der Waals surface area contributed by atoms with Crippen molar-refractivity contribution >= 4 is 17.7 Å². The third kappa shape index (κ3) is 6.24. The van der Waals surface area contributed by atoms with Crippen molar-refractivity contribution in [2.45, 2.75) is 45.8 Å². The molecule has 0 saturated heterocycles. The van der Waals surface area contributed by atoms with Gasteiger partial charge in [0.15, 0.2) is 0 Å². The molecule has 0 aliphatic carbocycles. The van der Waals surface area contributed by atoms with Crippen LogP contribution in [0, 0.1) is 0 Å². The highest BCUT2D eigenvalue weighted by atomic mass is 16.6. The highest BCUT2D eigenvalue weighted by Gasteiger charge is 2.21. The van der Waals surface area contributed by atoms with Crippen molar-refractivity contribution in [2.24, 2.45) is 0 Å². The zero-order valence-corrected chi connectivity index (χ0v) is 15.5. The van der Waals surface area contributed by atoms with Crippen LogP contribution in [0.3, 0.4) is 0 Å². The maximum absolute atomic E-state index is 12.1. The topological polar surface area (TPSA) is 64.6 Å². The first-order valence-electron chi connectivity index (χ1n) is 8.67. The molecule has 0 unspecified atom stereocenters. The number of esters is 1. The molecular formula is C21H25NO4. The molecule has 0 fully saturated rings. The summed E-state index contributed by atoms with van der Waals surface area (Å²) in [5.41, 5.74) is 1.60. The van der Waals surface area contributed by atoms with E-state index < -0.39 is 11.7 Å². The minimum atomic E-state index is -0.548. The fourth-order valence-electron chi connectivity index (χ4n) is 2.20. The second-order valence-electron chi connectivity index (χ2n) is 6.61. The van der Waals surface area contributed by atoms with Gasteiger partial charge in [-0.25, -0.2) is 4.79 Å². The summed E-state index contributed by atoms with van der Waals surface area (Å²) in [6, 6.07) is 16.6. The molecule has 0 aliphatic rings. The van der Waals surface area contributed by atoms with Crippen LogP contribution in [0.5, 0.6) is 0 Å². The van der Waals surface area contributed by atoms with E-state index in [9.17, 15) is 9.59 Å². The van der Waals surface area contributed by atoms with Crippen LogP contribution >= 0.6 is 0 Å². The Morgan fingerprint density at radius 2 is 1.65 bits per heavy atom. The lowest BCUT2D eigenvalue weighted by atomic mass is 10.1. The van der Waals surface area contributed by atoms with Crippen molar-refractivity contribution in [3.8, 4) is 0 Å². The Labute approximate surface area is 154 Å². The first-order chi connectivity index (χ1) is 12.4. The molecule has 0 bridgehead atoms. The zero-order valence-electron chi connectivity index (χ0n) is 15.5. The molecule has 0 aliphatic heterocycles. The molecule has 0 heterocycles. The van der Waals surface area contributed by atoms with Gasteiger partial charge in [0.1, 0.15) is 12.2 Å².